The highest BCUT2D eigenvalue weighted by Crippen LogP contribution is 2.33. The quantitative estimate of drug-likeness (QED) is 0.449. The summed E-state index contributed by atoms with van der Waals surface area (Å²) >= 11 is 0. The molecular weight excluding hydrogens is 527 g/mol. The molecule has 2 aliphatic rings. The molecule has 2 N–H and O–H groups in total. The molecule has 1 aliphatic heterocycles. The van der Waals surface area contributed by atoms with Gasteiger partial charge in [0.05, 0.1) is 34.6 Å². The van der Waals surface area contributed by atoms with Crippen LogP contribution in [0.4, 0.5) is 10.2 Å². The number of pyridine rings is 2. The number of ketones is 1. The van der Waals surface area contributed by atoms with Crippen LogP contribution in [0.15, 0.2) is 60.3 Å². The molecule has 1 amide bonds. The molecule has 1 fully saturated rings. The van der Waals surface area contributed by atoms with Crippen LogP contribution in [0.25, 0.3) is 16.6 Å². The van der Waals surface area contributed by atoms with Crippen LogP contribution in [0.1, 0.15) is 45.6 Å². The van der Waals surface area contributed by atoms with E-state index in [9.17, 15) is 24.3 Å². The van der Waals surface area contributed by atoms with Gasteiger partial charge in [0.25, 0.3) is 5.91 Å². The zero-order chi connectivity index (χ0) is 29.4. The summed E-state index contributed by atoms with van der Waals surface area (Å²) in [5.41, 5.74) is 0.842. The Kier molecular flexibility index (Phi) is 7.36. The van der Waals surface area contributed by atoms with E-state index in [-0.39, 0.29) is 24.4 Å². The molecule has 0 aromatic carbocycles. The van der Waals surface area contributed by atoms with Crippen LogP contribution in [-0.2, 0) is 9.59 Å². The standard InChI is InChI=1S/C30H31FN6O4/c1-29(2,40)18-41-22-13-23(27-20(14-32)16-34-37(27)17-22)19-4-7-26(33-15-19)36-10-8-30(3,9-11-36)35-28(39)24-12-21(38)5-6-25(24)31/h4-7,13,15-17,40H,8-12,18H2,1-3H3,(H,35,39). The van der Waals surface area contributed by atoms with Crippen LogP contribution < -0.4 is 15.0 Å². The summed E-state index contributed by atoms with van der Waals surface area (Å²) in [6, 6.07) is 7.81. The summed E-state index contributed by atoms with van der Waals surface area (Å²) in [7, 11) is 0. The van der Waals surface area contributed by atoms with E-state index in [1.807, 2.05) is 25.1 Å². The number of carbonyl (C=O) groups excluding carboxylic acids is 2. The smallest absolute Gasteiger partial charge is 0.251 e. The normalized spacial score (nSPS) is 17.1. The van der Waals surface area contributed by atoms with Crippen molar-refractivity contribution >= 4 is 23.0 Å². The third-order valence-electron chi connectivity index (χ3n) is 7.29. The minimum absolute atomic E-state index is 0.0809. The monoisotopic (exact) mass is 558 g/mol. The van der Waals surface area contributed by atoms with E-state index >= 15 is 0 Å². The first-order chi connectivity index (χ1) is 19.4. The van der Waals surface area contributed by atoms with Gasteiger partial charge in [-0.1, -0.05) is 0 Å². The topological polar surface area (TPSA) is 133 Å². The lowest BCUT2D eigenvalue weighted by molar-refractivity contribution is -0.121. The van der Waals surface area contributed by atoms with E-state index in [0.29, 0.717) is 42.8 Å². The van der Waals surface area contributed by atoms with Crippen molar-refractivity contribution in [1.29, 1.82) is 5.26 Å². The number of carbonyl (C=O) groups is 2. The molecule has 1 saturated heterocycles. The molecule has 10 nitrogen and oxygen atoms in total. The maximum Gasteiger partial charge on any atom is 0.251 e. The lowest BCUT2D eigenvalue weighted by Gasteiger charge is -2.40. The number of anilines is 1. The molecule has 1 aliphatic carbocycles. The van der Waals surface area contributed by atoms with Crippen molar-refractivity contribution in [3.05, 3.63) is 65.9 Å². The number of nitriles is 1. The summed E-state index contributed by atoms with van der Waals surface area (Å²) in [6.45, 7) is 6.56. The highest BCUT2D eigenvalue weighted by molar-refractivity contribution is 6.05. The van der Waals surface area contributed by atoms with Crippen LogP contribution in [0, 0.1) is 11.3 Å². The van der Waals surface area contributed by atoms with Gasteiger partial charge < -0.3 is 20.1 Å². The zero-order valence-corrected chi connectivity index (χ0v) is 23.1. The molecule has 0 atom stereocenters. The number of hydrogen-bond acceptors (Lipinski definition) is 8. The summed E-state index contributed by atoms with van der Waals surface area (Å²) in [4.78, 5) is 31.2. The molecule has 3 aromatic rings. The van der Waals surface area contributed by atoms with Crippen molar-refractivity contribution in [3.8, 4) is 22.9 Å². The molecule has 5 rings (SSSR count). The average Bonchev–Trinajstić information content (AvgIpc) is 3.36. The van der Waals surface area contributed by atoms with Crippen LogP contribution in [-0.4, -0.2) is 62.2 Å². The first-order valence-electron chi connectivity index (χ1n) is 13.3. The van der Waals surface area contributed by atoms with Crippen molar-refractivity contribution in [3.63, 3.8) is 0 Å². The molecule has 0 saturated carbocycles. The molecule has 0 bridgehead atoms. The van der Waals surface area contributed by atoms with Crippen molar-refractivity contribution in [1.82, 2.24) is 19.9 Å². The van der Waals surface area contributed by atoms with Gasteiger partial charge in [-0.15, -0.1) is 0 Å². The fraction of sp³-hybridized carbons (Fsp3) is 0.367. The Morgan fingerprint density at radius 2 is 2.02 bits per heavy atom. The molecule has 11 heteroatoms. The van der Waals surface area contributed by atoms with Gasteiger partial charge in [-0.05, 0) is 64.0 Å². The SMILES string of the molecule is CC(C)(O)COc1cc(-c2ccc(N3CCC(C)(NC(=O)C4=C(F)C=CC(=O)C4)CC3)nc2)c2c(C#N)cnn2c1. The Labute approximate surface area is 236 Å². The van der Waals surface area contributed by atoms with Gasteiger partial charge in [0.2, 0.25) is 0 Å². The minimum atomic E-state index is -1.02. The number of aliphatic hydroxyl groups is 1. The largest absolute Gasteiger partial charge is 0.489 e. The number of fused-ring (bicyclic) bond motifs is 1. The third kappa shape index (κ3) is 6.12. The van der Waals surface area contributed by atoms with E-state index in [2.05, 4.69) is 26.4 Å². The van der Waals surface area contributed by atoms with Crippen molar-refractivity contribution < 1.29 is 23.8 Å². The second-order valence-electron chi connectivity index (χ2n) is 11.4. The van der Waals surface area contributed by atoms with Gasteiger partial charge in [-0.3, -0.25) is 9.59 Å². The second-order valence-corrected chi connectivity index (χ2v) is 11.4. The fourth-order valence-electron chi connectivity index (χ4n) is 4.95. The van der Waals surface area contributed by atoms with Gasteiger partial charge in [0.15, 0.2) is 5.78 Å². The molecule has 3 aromatic heterocycles. The first kappa shape index (κ1) is 28.0. The predicted molar refractivity (Wildman–Crippen MR) is 150 cm³/mol. The molecule has 41 heavy (non-hydrogen) atoms. The first-order valence-corrected chi connectivity index (χ1v) is 13.3. The molecule has 0 radical (unpaired) electrons. The van der Waals surface area contributed by atoms with E-state index in [1.54, 1.807) is 30.8 Å². The van der Waals surface area contributed by atoms with Crippen molar-refractivity contribution in [2.24, 2.45) is 0 Å². The second kappa shape index (κ2) is 10.8. The van der Waals surface area contributed by atoms with E-state index in [4.69, 9.17) is 4.74 Å². The summed E-state index contributed by atoms with van der Waals surface area (Å²) in [6.07, 6.45) is 8.08. The highest BCUT2D eigenvalue weighted by Gasteiger charge is 2.34. The average molecular weight is 559 g/mol. The number of amides is 1. The molecule has 4 heterocycles. The van der Waals surface area contributed by atoms with E-state index in [0.717, 1.165) is 29.1 Å². The molecule has 212 valence electrons. The number of nitrogens with zero attached hydrogens (tertiary/aromatic N) is 5. The fourth-order valence-corrected chi connectivity index (χ4v) is 4.95. The van der Waals surface area contributed by atoms with Gasteiger partial charge in [-0.25, -0.2) is 13.9 Å². The molecule has 0 unspecified atom stereocenters. The summed E-state index contributed by atoms with van der Waals surface area (Å²) in [5.74, 6) is -0.254. The Balaban J connectivity index is 1.31. The maximum atomic E-state index is 14.1. The summed E-state index contributed by atoms with van der Waals surface area (Å²) in [5, 5.41) is 26.9. The Hall–Kier alpha value is -4.56. The Morgan fingerprint density at radius 1 is 1.27 bits per heavy atom. The van der Waals surface area contributed by atoms with Crippen molar-refractivity contribution in [2.45, 2.75) is 51.2 Å². The van der Waals surface area contributed by atoms with Crippen LogP contribution in [0.3, 0.4) is 0 Å². The lowest BCUT2D eigenvalue weighted by atomic mass is 9.88. The van der Waals surface area contributed by atoms with Gasteiger partial charge in [0.1, 0.15) is 30.1 Å². The number of aromatic nitrogens is 3. The number of piperidine rings is 1. The lowest BCUT2D eigenvalue weighted by Crippen LogP contribution is -2.54. The number of rotatable bonds is 7. The van der Waals surface area contributed by atoms with Gasteiger partial charge >= 0.3 is 0 Å². The van der Waals surface area contributed by atoms with Gasteiger partial charge in [0, 0.05) is 42.4 Å². The number of nitrogens with one attached hydrogen (secondary N) is 1. The third-order valence-corrected chi connectivity index (χ3v) is 7.29. The predicted octanol–water partition coefficient (Wildman–Crippen LogP) is 3.65. The van der Waals surface area contributed by atoms with Crippen molar-refractivity contribution in [2.75, 3.05) is 24.6 Å². The number of allylic oxidation sites excluding steroid dienone is 3. The van der Waals surface area contributed by atoms with Crippen LogP contribution in [0.2, 0.25) is 0 Å². The Morgan fingerprint density at radius 3 is 2.68 bits per heavy atom. The zero-order valence-electron chi connectivity index (χ0n) is 23.1. The number of ether oxygens (including phenoxy) is 1. The molecule has 0 spiro atoms. The Bertz CT molecular complexity index is 1600. The maximum absolute atomic E-state index is 14.1. The minimum Gasteiger partial charge on any atom is -0.489 e. The van der Waals surface area contributed by atoms with E-state index < -0.39 is 22.9 Å². The number of hydrogen-bond donors (Lipinski definition) is 2. The molecular formula is C30H31FN6O4. The summed E-state index contributed by atoms with van der Waals surface area (Å²) < 4.78 is 21.5. The van der Waals surface area contributed by atoms with Crippen LogP contribution in [0.5, 0.6) is 5.75 Å². The van der Waals surface area contributed by atoms with E-state index in [1.165, 1.54) is 6.20 Å². The van der Waals surface area contributed by atoms with Crippen LogP contribution >= 0.6 is 0 Å². The van der Waals surface area contributed by atoms with Gasteiger partial charge in [-0.2, -0.15) is 10.4 Å². The number of halogens is 1. The highest BCUT2D eigenvalue weighted by atomic mass is 19.1.